The van der Waals surface area contributed by atoms with Crippen LogP contribution in [0.1, 0.15) is 36.7 Å². The van der Waals surface area contributed by atoms with Crippen molar-refractivity contribution in [1.82, 2.24) is 14.5 Å². The summed E-state index contributed by atoms with van der Waals surface area (Å²) in [6.07, 6.45) is 2.12. The second kappa shape index (κ2) is 8.43. The van der Waals surface area contributed by atoms with Crippen molar-refractivity contribution in [3.63, 3.8) is 0 Å². The highest BCUT2D eigenvalue weighted by Crippen LogP contribution is 2.22. The van der Waals surface area contributed by atoms with Gasteiger partial charge in [0.05, 0.1) is 22.5 Å². The highest BCUT2D eigenvalue weighted by molar-refractivity contribution is 7.89. The molecule has 0 radical (unpaired) electrons. The molecule has 1 aromatic heterocycles. The Hall–Kier alpha value is -2.22. The van der Waals surface area contributed by atoms with E-state index >= 15 is 0 Å². The van der Waals surface area contributed by atoms with Gasteiger partial charge in [-0.2, -0.15) is 0 Å². The molecule has 0 atom stereocenters. The fraction of sp³-hybridized carbons (Fsp3) is 0.381. The molecular formula is C21H28N4O2S. The van der Waals surface area contributed by atoms with Gasteiger partial charge in [0.25, 0.3) is 0 Å². The zero-order chi connectivity index (χ0) is 20.3. The Kier molecular flexibility index (Phi) is 6.17. The number of fused-ring (bicyclic) bond motifs is 1. The van der Waals surface area contributed by atoms with Crippen LogP contribution in [0.2, 0.25) is 0 Å². The average Bonchev–Trinajstić information content (AvgIpc) is 2.97. The van der Waals surface area contributed by atoms with Gasteiger partial charge < -0.3 is 4.57 Å². The third kappa shape index (κ3) is 4.79. The average molecular weight is 401 g/mol. The molecule has 0 fully saturated rings. The quantitative estimate of drug-likeness (QED) is 0.628. The van der Waals surface area contributed by atoms with E-state index in [0.717, 1.165) is 37.3 Å². The molecule has 3 aromatic rings. The smallest absolute Gasteiger partial charge is 0.238 e. The van der Waals surface area contributed by atoms with E-state index in [0.29, 0.717) is 12.1 Å². The van der Waals surface area contributed by atoms with Gasteiger partial charge in [0.15, 0.2) is 0 Å². The van der Waals surface area contributed by atoms with Crippen molar-refractivity contribution >= 4 is 21.1 Å². The normalized spacial score (nSPS) is 12.2. The topological polar surface area (TPSA) is 81.2 Å². The number of hydrogen-bond donors (Lipinski definition) is 1. The van der Waals surface area contributed by atoms with E-state index < -0.39 is 10.0 Å². The van der Waals surface area contributed by atoms with Crippen LogP contribution < -0.4 is 5.14 Å². The van der Waals surface area contributed by atoms with Gasteiger partial charge in [0.1, 0.15) is 5.82 Å². The van der Waals surface area contributed by atoms with E-state index in [4.69, 9.17) is 10.1 Å². The number of aromatic nitrogens is 2. The zero-order valence-electron chi connectivity index (χ0n) is 16.7. The van der Waals surface area contributed by atoms with E-state index in [1.54, 1.807) is 18.2 Å². The van der Waals surface area contributed by atoms with Crippen LogP contribution in [0.4, 0.5) is 0 Å². The van der Waals surface area contributed by atoms with Crippen molar-refractivity contribution in [3.8, 4) is 0 Å². The number of hydrogen-bond acceptors (Lipinski definition) is 4. The van der Waals surface area contributed by atoms with Gasteiger partial charge in [-0.05, 0) is 44.2 Å². The van der Waals surface area contributed by atoms with Gasteiger partial charge in [-0.25, -0.2) is 18.5 Å². The minimum Gasteiger partial charge on any atom is -0.327 e. The number of unbranched alkanes of at least 4 members (excludes halogenated alkanes) is 1. The molecule has 0 amide bonds. The van der Waals surface area contributed by atoms with Crippen molar-refractivity contribution < 1.29 is 8.42 Å². The molecule has 0 unspecified atom stereocenters. The first kappa shape index (κ1) is 20.5. The van der Waals surface area contributed by atoms with Crippen LogP contribution in [0, 0.1) is 6.92 Å². The molecule has 7 heteroatoms. The summed E-state index contributed by atoms with van der Waals surface area (Å²) in [5.74, 6) is 0.935. The van der Waals surface area contributed by atoms with Crippen LogP contribution in [-0.2, 0) is 29.7 Å². The molecule has 0 saturated carbocycles. The fourth-order valence-electron chi connectivity index (χ4n) is 3.33. The number of nitrogens with two attached hydrogens (primary N) is 1. The van der Waals surface area contributed by atoms with Crippen LogP contribution in [-0.4, -0.2) is 29.9 Å². The molecule has 0 aliphatic rings. The summed E-state index contributed by atoms with van der Waals surface area (Å²) in [5.41, 5.74) is 4.11. The Morgan fingerprint density at radius 1 is 1.11 bits per heavy atom. The number of primary sulfonamides is 1. The highest BCUT2D eigenvalue weighted by atomic mass is 32.2. The summed E-state index contributed by atoms with van der Waals surface area (Å²) in [5, 5.41) is 5.28. The fourth-order valence-corrected chi connectivity index (χ4v) is 3.86. The Bertz CT molecular complexity index is 1060. The molecule has 2 aromatic carbocycles. The summed E-state index contributed by atoms with van der Waals surface area (Å²) < 4.78 is 25.6. The Morgan fingerprint density at radius 3 is 2.46 bits per heavy atom. The molecule has 2 N–H and O–H groups in total. The summed E-state index contributed by atoms with van der Waals surface area (Å²) in [4.78, 5) is 7.05. The molecule has 0 saturated heterocycles. The van der Waals surface area contributed by atoms with Gasteiger partial charge in [0.2, 0.25) is 10.0 Å². The minimum atomic E-state index is -3.74. The number of benzene rings is 2. The first-order valence-electron chi connectivity index (χ1n) is 9.54. The van der Waals surface area contributed by atoms with E-state index in [1.165, 1.54) is 11.1 Å². The van der Waals surface area contributed by atoms with E-state index in [9.17, 15) is 8.42 Å². The maximum Gasteiger partial charge on any atom is 0.238 e. The van der Waals surface area contributed by atoms with E-state index in [-0.39, 0.29) is 4.90 Å². The maximum atomic E-state index is 11.7. The predicted octanol–water partition coefficient (Wildman–Crippen LogP) is 3.42. The third-order valence-electron chi connectivity index (χ3n) is 4.85. The molecule has 6 nitrogen and oxygen atoms in total. The SMILES string of the molecule is CCCCn1c(CN(C)Cc2ccc(C)cc2)nc2cc(S(N)(=O)=O)ccc21. The lowest BCUT2D eigenvalue weighted by atomic mass is 10.1. The monoisotopic (exact) mass is 400 g/mol. The molecule has 0 spiro atoms. The number of rotatable bonds is 8. The Balaban J connectivity index is 1.90. The van der Waals surface area contributed by atoms with Crippen LogP contribution in [0.25, 0.3) is 11.0 Å². The standard InChI is InChI=1S/C21H28N4O2S/c1-4-5-12-25-20-11-10-18(28(22,26)27)13-19(20)23-21(25)15-24(3)14-17-8-6-16(2)7-9-17/h6-11,13H,4-5,12,14-15H2,1-3H3,(H2,22,26,27). The molecule has 1 heterocycles. The molecule has 0 bridgehead atoms. The van der Waals surface area contributed by atoms with Crippen LogP contribution >= 0.6 is 0 Å². The molecule has 28 heavy (non-hydrogen) atoms. The zero-order valence-corrected chi connectivity index (χ0v) is 17.5. The summed E-state index contributed by atoms with van der Waals surface area (Å²) in [6, 6.07) is 13.5. The van der Waals surface area contributed by atoms with Crippen LogP contribution in [0.5, 0.6) is 0 Å². The summed E-state index contributed by atoms with van der Waals surface area (Å²) >= 11 is 0. The minimum absolute atomic E-state index is 0.0969. The van der Waals surface area contributed by atoms with Crippen LogP contribution in [0.3, 0.4) is 0 Å². The van der Waals surface area contributed by atoms with Gasteiger partial charge in [-0.15, -0.1) is 0 Å². The molecule has 0 aliphatic heterocycles. The lowest BCUT2D eigenvalue weighted by Crippen LogP contribution is -2.20. The Labute approximate surface area is 167 Å². The molecule has 0 aliphatic carbocycles. The molecular weight excluding hydrogens is 372 g/mol. The van der Waals surface area contributed by atoms with Crippen molar-refractivity contribution in [3.05, 3.63) is 59.4 Å². The summed E-state index contributed by atoms with van der Waals surface area (Å²) in [6.45, 7) is 6.59. The third-order valence-corrected chi connectivity index (χ3v) is 5.76. The Morgan fingerprint density at radius 2 is 1.82 bits per heavy atom. The number of imidazole rings is 1. The van der Waals surface area contributed by atoms with Gasteiger partial charge in [-0.1, -0.05) is 43.2 Å². The number of sulfonamides is 1. The van der Waals surface area contributed by atoms with Gasteiger partial charge in [-0.3, -0.25) is 4.90 Å². The predicted molar refractivity (Wildman–Crippen MR) is 112 cm³/mol. The van der Waals surface area contributed by atoms with Gasteiger partial charge >= 0.3 is 0 Å². The van der Waals surface area contributed by atoms with Crippen molar-refractivity contribution in [2.75, 3.05) is 7.05 Å². The largest absolute Gasteiger partial charge is 0.327 e. The van der Waals surface area contributed by atoms with Crippen molar-refractivity contribution in [1.29, 1.82) is 0 Å². The van der Waals surface area contributed by atoms with E-state index in [1.807, 2.05) is 0 Å². The van der Waals surface area contributed by atoms with Gasteiger partial charge in [0, 0.05) is 13.1 Å². The van der Waals surface area contributed by atoms with Crippen molar-refractivity contribution in [2.24, 2.45) is 5.14 Å². The highest BCUT2D eigenvalue weighted by Gasteiger charge is 2.16. The number of aryl methyl sites for hydroxylation is 2. The maximum absolute atomic E-state index is 11.7. The molecule has 3 rings (SSSR count). The van der Waals surface area contributed by atoms with Crippen LogP contribution in [0.15, 0.2) is 47.4 Å². The first-order chi connectivity index (χ1) is 13.3. The second-order valence-electron chi connectivity index (χ2n) is 7.39. The van der Waals surface area contributed by atoms with Crippen molar-refractivity contribution in [2.45, 2.75) is 51.2 Å². The first-order valence-corrected chi connectivity index (χ1v) is 11.1. The summed E-state index contributed by atoms with van der Waals surface area (Å²) in [7, 11) is -1.67. The lowest BCUT2D eigenvalue weighted by Gasteiger charge is -2.18. The second-order valence-corrected chi connectivity index (χ2v) is 8.95. The molecule has 150 valence electrons. The van der Waals surface area contributed by atoms with E-state index in [2.05, 4.69) is 54.6 Å². The lowest BCUT2D eigenvalue weighted by molar-refractivity contribution is 0.305. The number of nitrogens with zero attached hydrogens (tertiary/aromatic N) is 3.